The number of hydrogen-bond donors (Lipinski definition) is 0. The molecule has 0 aromatic heterocycles. The molecule has 0 fully saturated rings. The summed E-state index contributed by atoms with van der Waals surface area (Å²) in [4.78, 5) is 26.6. The first-order valence-electron chi connectivity index (χ1n) is 11.4. The molecule has 0 atom stereocenters. The van der Waals surface area contributed by atoms with Crippen molar-refractivity contribution in [2.75, 3.05) is 20.8 Å². The Morgan fingerprint density at radius 2 is 1.06 bits per heavy atom. The molecule has 36 heavy (non-hydrogen) atoms. The first kappa shape index (κ1) is 29.0. The summed E-state index contributed by atoms with van der Waals surface area (Å²) < 4.78 is 94.3. The molecule has 0 N–H and O–H groups in total. The van der Waals surface area contributed by atoms with Crippen molar-refractivity contribution in [2.45, 2.75) is 51.9 Å². The minimum absolute atomic E-state index is 0.203. The van der Waals surface area contributed by atoms with E-state index >= 15 is 0 Å². The van der Waals surface area contributed by atoms with Crippen molar-refractivity contribution in [3.05, 3.63) is 58.2 Å². The molecule has 0 bridgehead atoms. The molecule has 0 saturated heterocycles. The molecule has 0 aliphatic heterocycles. The van der Waals surface area contributed by atoms with Gasteiger partial charge in [0.05, 0.1) is 25.3 Å². The van der Waals surface area contributed by atoms with Gasteiger partial charge in [0.1, 0.15) is 0 Å². The van der Waals surface area contributed by atoms with E-state index in [0.717, 1.165) is 46.3 Å². The smallest absolute Gasteiger partial charge is 0.263 e. The number of nitrogens with zero attached hydrogens (tertiary/aromatic N) is 1. The number of halogens is 6. The van der Waals surface area contributed by atoms with E-state index in [4.69, 9.17) is 0 Å². The van der Waals surface area contributed by atoms with Gasteiger partial charge in [-0.3, -0.25) is 14.5 Å². The summed E-state index contributed by atoms with van der Waals surface area (Å²) in [5.74, 6) is -15.1. The largest absolute Gasteiger partial charge is 0.491 e. The Bertz CT molecular complexity index is 1030. The van der Waals surface area contributed by atoms with Crippen molar-refractivity contribution < 1.29 is 45.4 Å². The maximum atomic E-state index is 14.8. The number of methoxy groups -OCH3 is 2. The van der Waals surface area contributed by atoms with Gasteiger partial charge in [-0.15, -0.1) is 0 Å². The Balaban J connectivity index is 2.46. The molecule has 2 amide bonds. The highest BCUT2D eigenvalue weighted by Gasteiger charge is 2.33. The van der Waals surface area contributed by atoms with Crippen LogP contribution >= 0.6 is 0 Å². The number of amides is 2. The summed E-state index contributed by atoms with van der Waals surface area (Å²) in [7, 11) is 1.69. The third-order valence-electron chi connectivity index (χ3n) is 5.58. The molecule has 11 heteroatoms. The van der Waals surface area contributed by atoms with E-state index in [9.17, 15) is 35.9 Å². The summed E-state index contributed by atoms with van der Waals surface area (Å²) >= 11 is 0. The van der Waals surface area contributed by atoms with Crippen LogP contribution in [-0.4, -0.2) is 37.5 Å². The zero-order valence-corrected chi connectivity index (χ0v) is 20.2. The lowest BCUT2D eigenvalue weighted by atomic mass is 10.1. The van der Waals surface area contributed by atoms with Crippen LogP contribution in [0.2, 0.25) is 0 Å². The molecule has 5 nitrogen and oxygen atoms in total. The lowest BCUT2D eigenvalue weighted by molar-refractivity contribution is 0.0605. The van der Waals surface area contributed by atoms with Crippen molar-refractivity contribution in [3.8, 4) is 11.5 Å². The summed E-state index contributed by atoms with van der Waals surface area (Å²) in [6.07, 6.45) is 5.43. The maximum absolute atomic E-state index is 14.8. The fourth-order valence-electron chi connectivity index (χ4n) is 3.64. The number of carbonyl (C=O) groups excluding carboxylic acids is 2. The van der Waals surface area contributed by atoms with Crippen LogP contribution in [0.15, 0.2) is 12.1 Å². The molecule has 198 valence electrons. The van der Waals surface area contributed by atoms with Crippen LogP contribution in [0, 0.1) is 34.9 Å². The quantitative estimate of drug-likeness (QED) is 0.138. The topological polar surface area (TPSA) is 55.8 Å². The molecule has 0 spiro atoms. The van der Waals surface area contributed by atoms with Crippen LogP contribution < -0.4 is 9.47 Å². The lowest BCUT2D eigenvalue weighted by Gasteiger charge is -2.22. The number of rotatable bonds is 12. The molecule has 2 aromatic rings. The summed E-state index contributed by atoms with van der Waals surface area (Å²) in [5.41, 5.74) is -2.12. The van der Waals surface area contributed by atoms with E-state index < -0.39 is 69.3 Å². The zero-order chi connectivity index (χ0) is 27.0. The lowest BCUT2D eigenvalue weighted by Crippen LogP contribution is -2.39. The summed E-state index contributed by atoms with van der Waals surface area (Å²) in [5, 5.41) is 0. The van der Waals surface area contributed by atoms with Crippen molar-refractivity contribution in [1.29, 1.82) is 0 Å². The van der Waals surface area contributed by atoms with E-state index in [1.165, 1.54) is 0 Å². The third kappa shape index (κ3) is 6.30. The van der Waals surface area contributed by atoms with Crippen molar-refractivity contribution in [3.63, 3.8) is 0 Å². The van der Waals surface area contributed by atoms with Gasteiger partial charge < -0.3 is 9.47 Å². The Morgan fingerprint density at radius 3 is 1.44 bits per heavy atom. The van der Waals surface area contributed by atoms with Crippen molar-refractivity contribution in [2.24, 2.45) is 0 Å². The van der Waals surface area contributed by atoms with E-state index in [0.29, 0.717) is 11.3 Å². The minimum atomic E-state index is -1.69. The molecule has 0 unspecified atom stereocenters. The molecule has 0 radical (unpaired) electrons. The van der Waals surface area contributed by atoms with Crippen molar-refractivity contribution in [1.82, 2.24) is 4.90 Å². The average Bonchev–Trinajstić information content (AvgIpc) is 2.85. The van der Waals surface area contributed by atoms with Gasteiger partial charge in [-0.25, -0.2) is 17.6 Å². The number of imide groups is 1. The van der Waals surface area contributed by atoms with Crippen LogP contribution in [0.1, 0.15) is 72.6 Å². The van der Waals surface area contributed by atoms with E-state index in [1.807, 2.05) is 6.92 Å². The van der Waals surface area contributed by atoms with Crippen LogP contribution in [0.3, 0.4) is 0 Å². The number of ether oxygens (including phenoxy) is 2. The van der Waals surface area contributed by atoms with Gasteiger partial charge in [0.2, 0.25) is 11.6 Å². The second kappa shape index (κ2) is 13.2. The third-order valence-corrected chi connectivity index (χ3v) is 5.58. The number of unbranched alkanes of at least 4 members (excludes halogenated alkanes) is 6. The van der Waals surface area contributed by atoms with Gasteiger partial charge in [-0.05, 0) is 18.6 Å². The molecule has 2 rings (SSSR count). The SMILES string of the molecule is CCCCCCCCCN(C(=O)c1cc(F)c(F)c(OC)c1F)C(=O)c1cc(F)c(F)c(OC)c1F. The Kier molecular flexibility index (Phi) is 10.6. The standard InChI is InChI=1S/C25H27F6NO4/c1-4-5-6-7-8-9-10-11-32(24(33)14-12-16(26)20(30)22(35-2)18(14)28)25(34)15-13-17(27)21(31)23(36-3)19(15)29/h12-13H,4-11H2,1-3H3. The molecule has 0 saturated carbocycles. The van der Waals surface area contributed by atoms with Crippen LogP contribution in [0.4, 0.5) is 26.3 Å². The minimum Gasteiger partial charge on any atom is -0.491 e. The van der Waals surface area contributed by atoms with Crippen molar-refractivity contribution >= 4 is 11.8 Å². The van der Waals surface area contributed by atoms with Gasteiger partial charge in [-0.2, -0.15) is 8.78 Å². The first-order valence-corrected chi connectivity index (χ1v) is 11.4. The van der Waals surface area contributed by atoms with Crippen LogP contribution in [-0.2, 0) is 0 Å². The monoisotopic (exact) mass is 519 g/mol. The molecular formula is C25H27F6NO4. The first-order chi connectivity index (χ1) is 17.1. The Hall–Kier alpha value is -3.24. The molecule has 0 heterocycles. The highest BCUT2D eigenvalue weighted by Crippen LogP contribution is 2.30. The van der Waals surface area contributed by atoms with Crippen LogP contribution in [0.25, 0.3) is 0 Å². The molecule has 0 aliphatic carbocycles. The van der Waals surface area contributed by atoms with Gasteiger partial charge in [0, 0.05) is 6.54 Å². The molecule has 2 aromatic carbocycles. The highest BCUT2D eigenvalue weighted by atomic mass is 19.2. The number of carbonyl (C=O) groups is 2. The highest BCUT2D eigenvalue weighted by molar-refractivity contribution is 6.10. The maximum Gasteiger partial charge on any atom is 0.263 e. The second-order valence-electron chi connectivity index (χ2n) is 8.02. The Labute approximate surface area is 205 Å². The molecule has 0 aliphatic rings. The van der Waals surface area contributed by atoms with E-state index in [1.54, 1.807) is 0 Å². The van der Waals surface area contributed by atoms with Gasteiger partial charge in [0.15, 0.2) is 34.8 Å². The molecular weight excluding hydrogens is 492 g/mol. The predicted molar refractivity (Wildman–Crippen MR) is 119 cm³/mol. The Morgan fingerprint density at radius 1 is 0.667 bits per heavy atom. The van der Waals surface area contributed by atoms with Crippen LogP contribution in [0.5, 0.6) is 11.5 Å². The van der Waals surface area contributed by atoms with E-state index in [2.05, 4.69) is 9.47 Å². The predicted octanol–water partition coefficient (Wildman–Crippen LogP) is 6.57. The second-order valence-corrected chi connectivity index (χ2v) is 8.02. The van der Waals surface area contributed by atoms with Gasteiger partial charge in [0.25, 0.3) is 11.8 Å². The normalized spacial score (nSPS) is 10.9. The van der Waals surface area contributed by atoms with Gasteiger partial charge >= 0.3 is 0 Å². The zero-order valence-electron chi connectivity index (χ0n) is 20.2. The number of benzene rings is 2. The fraction of sp³-hybridized carbons (Fsp3) is 0.440. The fourth-order valence-corrected chi connectivity index (χ4v) is 3.64. The van der Waals surface area contributed by atoms with Gasteiger partial charge in [-0.1, -0.05) is 45.4 Å². The average molecular weight is 519 g/mol. The summed E-state index contributed by atoms with van der Waals surface area (Å²) in [6, 6.07) is 0.478. The summed E-state index contributed by atoms with van der Waals surface area (Å²) in [6.45, 7) is 1.67. The van der Waals surface area contributed by atoms with E-state index in [-0.39, 0.29) is 25.1 Å². The number of hydrogen-bond acceptors (Lipinski definition) is 4.